The van der Waals surface area contributed by atoms with Gasteiger partial charge in [0.2, 0.25) is 0 Å². The van der Waals surface area contributed by atoms with Crippen LogP contribution in [0.3, 0.4) is 0 Å². The lowest BCUT2D eigenvalue weighted by molar-refractivity contribution is 0.00578. The summed E-state index contributed by atoms with van der Waals surface area (Å²) in [6, 6.07) is 3.77. The quantitative estimate of drug-likeness (QED) is 0.679. The molecule has 2 rings (SSSR count). The molecule has 1 saturated heterocycles. The lowest BCUT2D eigenvalue weighted by Crippen LogP contribution is -2.41. The number of pyridine rings is 1. The highest BCUT2D eigenvalue weighted by Gasteiger charge is 2.52. The van der Waals surface area contributed by atoms with Gasteiger partial charge >= 0.3 is 7.12 Å². The second-order valence-electron chi connectivity index (χ2n) is 5.88. The molecule has 0 atom stereocenters. The first kappa shape index (κ1) is 15.7. The standard InChI is InChI=1S/C14H19BBrNO3/c1-13(2)14(3,4)20-15(19-13)11(9-18)7-10-5-6-12(16)17-8-10/h5-8,18H,9H2,1-4H3. The first-order valence-corrected chi connectivity index (χ1v) is 7.33. The van der Waals surface area contributed by atoms with Crippen LogP contribution in [-0.4, -0.2) is 35.0 Å². The number of aliphatic hydroxyl groups excluding tert-OH is 1. The third-order valence-electron chi connectivity index (χ3n) is 3.84. The van der Waals surface area contributed by atoms with Crippen molar-refractivity contribution in [1.29, 1.82) is 0 Å². The van der Waals surface area contributed by atoms with Gasteiger partial charge < -0.3 is 14.4 Å². The van der Waals surface area contributed by atoms with Crippen LogP contribution in [0.15, 0.2) is 28.4 Å². The predicted octanol–water partition coefficient (Wildman–Crippen LogP) is 2.85. The van der Waals surface area contributed by atoms with Crippen LogP contribution >= 0.6 is 15.9 Å². The molecular weight excluding hydrogens is 321 g/mol. The molecule has 0 saturated carbocycles. The second kappa shape index (κ2) is 5.60. The van der Waals surface area contributed by atoms with Gasteiger partial charge in [0.05, 0.1) is 17.8 Å². The molecule has 1 N–H and O–H groups in total. The molecule has 0 radical (unpaired) electrons. The Labute approximate surface area is 128 Å². The van der Waals surface area contributed by atoms with Crippen molar-refractivity contribution in [2.24, 2.45) is 0 Å². The molecule has 1 aliphatic heterocycles. The van der Waals surface area contributed by atoms with Gasteiger partial charge in [0.15, 0.2) is 0 Å². The first-order chi connectivity index (χ1) is 9.25. The fourth-order valence-electron chi connectivity index (χ4n) is 1.87. The fraction of sp³-hybridized carbons (Fsp3) is 0.500. The van der Waals surface area contributed by atoms with Crippen molar-refractivity contribution in [2.75, 3.05) is 6.61 Å². The molecule has 4 nitrogen and oxygen atoms in total. The zero-order valence-electron chi connectivity index (χ0n) is 12.2. The van der Waals surface area contributed by atoms with Gasteiger partial charge in [-0.1, -0.05) is 12.1 Å². The number of halogens is 1. The summed E-state index contributed by atoms with van der Waals surface area (Å²) in [7, 11) is -0.534. The summed E-state index contributed by atoms with van der Waals surface area (Å²) in [6.07, 6.45) is 3.58. The average Bonchev–Trinajstić information content (AvgIpc) is 2.57. The average molecular weight is 340 g/mol. The van der Waals surface area contributed by atoms with Gasteiger partial charge in [-0.2, -0.15) is 0 Å². The van der Waals surface area contributed by atoms with Crippen LogP contribution in [0, 0.1) is 0 Å². The maximum absolute atomic E-state index is 9.58. The molecule has 0 aromatic carbocycles. The number of hydrogen-bond donors (Lipinski definition) is 1. The third-order valence-corrected chi connectivity index (χ3v) is 4.31. The molecule has 1 aromatic rings. The predicted molar refractivity (Wildman–Crippen MR) is 83.1 cm³/mol. The summed E-state index contributed by atoms with van der Waals surface area (Å²) in [4.78, 5) is 4.16. The van der Waals surface area contributed by atoms with E-state index in [4.69, 9.17) is 9.31 Å². The molecule has 2 heterocycles. The van der Waals surface area contributed by atoms with Gasteiger partial charge in [0, 0.05) is 6.20 Å². The Kier molecular flexibility index (Phi) is 4.40. The monoisotopic (exact) mass is 339 g/mol. The van der Waals surface area contributed by atoms with Crippen LogP contribution in [0.5, 0.6) is 0 Å². The van der Waals surface area contributed by atoms with E-state index in [-0.39, 0.29) is 6.61 Å². The summed E-state index contributed by atoms with van der Waals surface area (Å²) in [5.41, 5.74) is 0.757. The first-order valence-electron chi connectivity index (χ1n) is 6.54. The molecule has 0 aliphatic carbocycles. The molecule has 0 amide bonds. The van der Waals surface area contributed by atoms with E-state index in [1.807, 2.05) is 45.9 Å². The van der Waals surface area contributed by atoms with Gasteiger partial charge in [-0.05, 0) is 60.7 Å². The van der Waals surface area contributed by atoms with E-state index in [1.54, 1.807) is 6.20 Å². The van der Waals surface area contributed by atoms with Gasteiger partial charge in [-0.25, -0.2) is 4.98 Å². The summed E-state index contributed by atoms with van der Waals surface area (Å²) < 4.78 is 12.6. The Morgan fingerprint density at radius 2 is 1.90 bits per heavy atom. The second-order valence-corrected chi connectivity index (χ2v) is 6.69. The maximum atomic E-state index is 9.58. The van der Waals surface area contributed by atoms with Crippen molar-refractivity contribution >= 4 is 29.1 Å². The van der Waals surface area contributed by atoms with Crippen LogP contribution in [0.1, 0.15) is 33.3 Å². The number of nitrogens with zero attached hydrogens (tertiary/aromatic N) is 1. The van der Waals surface area contributed by atoms with Crippen molar-refractivity contribution in [3.8, 4) is 0 Å². The van der Waals surface area contributed by atoms with Crippen LogP contribution in [0.25, 0.3) is 6.08 Å². The minimum atomic E-state index is -0.534. The Balaban J connectivity index is 2.24. The highest BCUT2D eigenvalue weighted by atomic mass is 79.9. The van der Waals surface area contributed by atoms with Crippen LogP contribution < -0.4 is 0 Å². The molecule has 20 heavy (non-hydrogen) atoms. The largest absolute Gasteiger partial charge is 0.492 e. The Morgan fingerprint density at radius 3 is 2.35 bits per heavy atom. The van der Waals surface area contributed by atoms with Crippen LogP contribution in [0.4, 0.5) is 0 Å². The molecule has 6 heteroatoms. The fourth-order valence-corrected chi connectivity index (χ4v) is 2.10. The molecule has 1 fully saturated rings. The minimum Gasteiger partial charge on any atom is -0.400 e. The van der Waals surface area contributed by atoms with E-state index in [2.05, 4.69) is 20.9 Å². The number of rotatable bonds is 3. The normalized spacial score (nSPS) is 21.3. The third kappa shape index (κ3) is 3.14. The summed E-state index contributed by atoms with van der Waals surface area (Å²) in [5.74, 6) is 0. The summed E-state index contributed by atoms with van der Waals surface area (Å²) in [6.45, 7) is 7.84. The molecule has 108 valence electrons. The molecule has 0 bridgehead atoms. The number of hydrogen-bond acceptors (Lipinski definition) is 4. The topological polar surface area (TPSA) is 51.6 Å². The lowest BCUT2D eigenvalue weighted by atomic mass is 9.77. The van der Waals surface area contributed by atoms with E-state index >= 15 is 0 Å². The number of aliphatic hydroxyl groups is 1. The van der Waals surface area contributed by atoms with E-state index in [9.17, 15) is 5.11 Å². The van der Waals surface area contributed by atoms with E-state index in [1.165, 1.54) is 0 Å². The highest BCUT2D eigenvalue weighted by Crippen LogP contribution is 2.38. The SMILES string of the molecule is CC1(C)OB(C(=Cc2ccc(Br)nc2)CO)OC1(C)C. The zero-order chi connectivity index (χ0) is 15.0. The van der Waals surface area contributed by atoms with E-state index < -0.39 is 18.3 Å². The molecule has 1 aliphatic rings. The van der Waals surface area contributed by atoms with Crippen molar-refractivity contribution in [3.05, 3.63) is 34.0 Å². The van der Waals surface area contributed by atoms with Crippen molar-refractivity contribution < 1.29 is 14.4 Å². The Bertz CT molecular complexity index is 498. The minimum absolute atomic E-state index is 0.118. The molecule has 1 aromatic heterocycles. The van der Waals surface area contributed by atoms with Crippen molar-refractivity contribution in [3.63, 3.8) is 0 Å². The van der Waals surface area contributed by atoms with Gasteiger partial charge in [-0.3, -0.25) is 0 Å². The maximum Gasteiger partial charge on any atom is 0.492 e. The molecule has 0 spiro atoms. The van der Waals surface area contributed by atoms with Gasteiger partial charge in [-0.15, -0.1) is 0 Å². The molecular formula is C14H19BBrNO3. The Hall–Kier alpha value is -0.685. The lowest BCUT2D eigenvalue weighted by Gasteiger charge is -2.32. The smallest absolute Gasteiger partial charge is 0.400 e. The van der Waals surface area contributed by atoms with E-state index in [0.29, 0.717) is 5.47 Å². The van der Waals surface area contributed by atoms with Crippen LogP contribution in [0.2, 0.25) is 0 Å². The zero-order valence-corrected chi connectivity index (χ0v) is 13.8. The van der Waals surface area contributed by atoms with Crippen molar-refractivity contribution in [2.45, 2.75) is 38.9 Å². The summed E-state index contributed by atoms with van der Waals surface area (Å²) in [5, 5.41) is 9.58. The van der Waals surface area contributed by atoms with E-state index in [0.717, 1.165) is 10.2 Å². The highest BCUT2D eigenvalue weighted by molar-refractivity contribution is 9.10. The Morgan fingerprint density at radius 1 is 1.30 bits per heavy atom. The molecule has 0 unspecified atom stereocenters. The number of aromatic nitrogens is 1. The summed E-state index contributed by atoms with van der Waals surface area (Å²) >= 11 is 3.29. The van der Waals surface area contributed by atoms with Crippen molar-refractivity contribution in [1.82, 2.24) is 4.98 Å². The van der Waals surface area contributed by atoms with Crippen LogP contribution in [-0.2, 0) is 9.31 Å². The van der Waals surface area contributed by atoms with Gasteiger partial charge in [0.1, 0.15) is 4.60 Å². The van der Waals surface area contributed by atoms with Gasteiger partial charge in [0.25, 0.3) is 0 Å².